The van der Waals surface area contributed by atoms with Crippen LogP contribution in [0.2, 0.25) is 0 Å². The molecule has 2 aromatic carbocycles. The van der Waals surface area contributed by atoms with E-state index in [0.717, 1.165) is 58.0 Å². The van der Waals surface area contributed by atoms with Crippen LogP contribution in [0, 0.1) is 11.3 Å². The van der Waals surface area contributed by atoms with E-state index in [2.05, 4.69) is 67.3 Å². The summed E-state index contributed by atoms with van der Waals surface area (Å²) in [6, 6.07) is 19.8. The molecule has 2 fully saturated rings. The number of halogens is 2. The molecule has 2 saturated carbocycles. The minimum Gasteiger partial charge on any atom is -0.301 e. The van der Waals surface area contributed by atoms with Crippen molar-refractivity contribution in [2.24, 2.45) is 0 Å². The fourth-order valence-corrected chi connectivity index (χ4v) is 5.14. The summed E-state index contributed by atoms with van der Waals surface area (Å²) >= 11 is 13.8. The Labute approximate surface area is 204 Å². The van der Waals surface area contributed by atoms with Crippen molar-refractivity contribution in [1.29, 1.82) is 5.26 Å². The van der Waals surface area contributed by atoms with Crippen LogP contribution in [0.3, 0.4) is 0 Å². The Balaban J connectivity index is 0.000000913. The molecule has 4 heteroatoms. The predicted molar refractivity (Wildman–Crippen MR) is 136 cm³/mol. The molecule has 32 heavy (non-hydrogen) atoms. The van der Waals surface area contributed by atoms with Gasteiger partial charge in [0.1, 0.15) is 0 Å². The normalized spacial score (nSPS) is 18.3. The largest absolute Gasteiger partial charge is 0.301 e. The second-order valence-corrected chi connectivity index (χ2v) is 10.7. The lowest BCUT2D eigenvalue weighted by atomic mass is 9.90. The van der Waals surface area contributed by atoms with E-state index in [-0.39, 0.29) is 9.75 Å². The van der Waals surface area contributed by atoms with Crippen LogP contribution in [0.15, 0.2) is 48.5 Å². The summed E-state index contributed by atoms with van der Waals surface area (Å²) in [7, 11) is 0. The number of hydrogen-bond acceptors (Lipinski definition) is 2. The molecule has 2 nitrogen and oxygen atoms in total. The molecule has 2 aliphatic rings. The summed E-state index contributed by atoms with van der Waals surface area (Å²) in [6.07, 6.45) is 7.69. The Morgan fingerprint density at radius 3 is 1.94 bits per heavy atom. The molecular weight excluding hydrogens is 435 g/mol. The highest BCUT2D eigenvalue weighted by Gasteiger charge is 2.48. The molecule has 4 rings (SSSR count). The smallest absolute Gasteiger partial charge is 0.0699 e. The third-order valence-electron chi connectivity index (χ3n) is 6.89. The third kappa shape index (κ3) is 6.28. The van der Waals surface area contributed by atoms with E-state index < -0.39 is 0 Å². The SMILES string of the molecule is CC#N.CCN(CCc1ccccc1)C(C)CCc1c(C2(Cl)CC2)cccc1C1(Cl)CC1. The molecular formula is C28H36Cl2N2. The van der Waals surface area contributed by atoms with E-state index in [1.165, 1.54) is 29.2 Å². The standard InChI is InChI=1S/C26H33Cl2N.C2H3N/c1-3-29(19-14-21-8-5-4-6-9-21)20(2)12-13-22-23(25(27)15-16-25)10-7-11-24(22)26(28)17-18-26;1-2-3/h4-11,20H,3,12-19H2,1-2H3;1H3. The summed E-state index contributed by atoms with van der Waals surface area (Å²) in [4.78, 5) is 2.35. The maximum Gasteiger partial charge on any atom is 0.0699 e. The topological polar surface area (TPSA) is 27.0 Å². The van der Waals surface area contributed by atoms with Gasteiger partial charge in [0.2, 0.25) is 0 Å². The lowest BCUT2D eigenvalue weighted by molar-refractivity contribution is 0.212. The zero-order chi connectivity index (χ0) is 23.2. The first-order valence-corrected chi connectivity index (χ1v) is 12.7. The van der Waals surface area contributed by atoms with Crippen molar-refractivity contribution in [2.75, 3.05) is 13.1 Å². The van der Waals surface area contributed by atoms with Gasteiger partial charge in [-0.3, -0.25) is 0 Å². The van der Waals surface area contributed by atoms with Crippen LogP contribution in [0.1, 0.15) is 75.1 Å². The number of benzene rings is 2. The molecule has 0 aliphatic heterocycles. The molecule has 2 aliphatic carbocycles. The van der Waals surface area contributed by atoms with Crippen LogP contribution in [0.4, 0.5) is 0 Å². The van der Waals surface area contributed by atoms with Gasteiger partial charge in [0.15, 0.2) is 0 Å². The van der Waals surface area contributed by atoms with Crippen LogP contribution < -0.4 is 0 Å². The van der Waals surface area contributed by atoms with E-state index in [9.17, 15) is 0 Å². The molecule has 0 amide bonds. The molecule has 0 aromatic heterocycles. The monoisotopic (exact) mass is 470 g/mol. The Bertz CT molecular complexity index is 875. The Kier molecular flexibility index (Phi) is 8.68. The summed E-state index contributed by atoms with van der Waals surface area (Å²) in [5.41, 5.74) is 5.56. The number of likely N-dealkylation sites (N-methyl/N-ethyl adjacent to an activating group) is 1. The minimum absolute atomic E-state index is 0.130. The molecule has 0 heterocycles. The zero-order valence-electron chi connectivity index (χ0n) is 19.7. The van der Waals surface area contributed by atoms with Gasteiger partial charge in [-0.2, -0.15) is 5.26 Å². The third-order valence-corrected chi connectivity index (χ3v) is 8.05. The molecule has 2 aromatic rings. The second-order valence-electron chi connectivity index (χ2n) is 9.24. The number of nitrogens with zero attached hydrogens (tertiary/aromatic N) is 2. The van der Waals surface area contributed by atoms with Gasteiger partial charge in [-0.25, -0.2) is 0 Å². The van der Waals surface area contributed by atoms with Gasteiger partial charge < -0.3 is 4.90 Å². The van der Waals surface area contributed by atoms with Gasteiger partial charge in [0.05, 0.1) is 15.8 Å². The summed E-state index contributed by atoms with van der Waals surface area (Å²) in [6.45, 7) is 8.27. The second kappa shape index (κ2) is 11.1. The molecule has 0 N–H and O–H groups in total. The first kappa shape index (κ1) is 25.1. The van der Waals surface area contributed by atoms with Crippen LogP contribution in [-0.2, 0) is 22.6 Å². The van der Waals surface area contributed by atoms with Crippen molar-refractivity contribution in [3.63, 3.8) is 0 Å². The first-order chi connectivity index (χ1) is 15.4. The molecule has 172 valence electrons. The number of rotatable bonds is 10. The van der Waals surface area contributed by atoms with Gasteiger partial charge >= 0.3 is 0 Å². The molecule has 0 radical (unpaired) electrons. The lowest BCUT2D eigenvalue weighted by Gasteiger charge is -2.29. The highest BCUT2D eigenvalue weighted by Crippen LogP contribution is 2.58. The quantitative estimate of drug-likeness (QED) is 0.334. The summed E-state index contributed by atoms with van der Waals surface area (Å²) in [5, 5.41) is 7.32. The van der Waals surface area contributed by atoms with E-state index in [0.29, 0.717) is 6.04 Å². The average molecular weight is 472 g/mol. The van der Waals surface area contributed by atoms with E-state index in [1.807, 2.05) is 0 Å². The van der Waals surface area contributed by atoms with Gasteiger partial charge in [-0.05, 0) is 80.7 Å². The fraction of sp³-hybridized carbons (Fsp3) is 0.536. The number of alkyl halides is 2. The first-order valence-electron chi connectivity index (χ1n) is 12.0. The molecule has 0 spiro atoms. The van der Waals surface area contributed by atoms with Crippen molar-refractivity contribution in [1.82, 2.24) is 4.90 Å². The fourth-order valence-electron chi connectivity index (χ4n) is 4.60. The van der Waals surface area contributed by atoms with Crippen molar-refractivity contribution >= 4 is 23.2 Å². The maximum atomic E-state index is 7.32. The minimum atomic E-state index is -0.130. The summed E-state index contributed by atoms with van der Waals surface area (Å²) in [5.74, 6) is 0. The van der Waals surface area contributed by atoms with Crippen molar-refractivity contribution < 1.29 is 0 Å². The number of nitriles is 1. The van der Waals surface area contributed by atoms with Crippen LogP contribution in [0.25, 0.3) is 0 Å². The Hall–Kier alpha value is -1.53. The van der Waals surface area contributed by atoms with Crippen LogP contribution in [-0.4, -0.2) is 24.0 Å². The number of hydrogen-bond donors (Lipinski definition) is 0. The summed E-state index contributed by atoms with van der Waals surface area (Å²) < 4.78 is 0. The van der Waals surface area contributed by atoms with Crippen molar-refractivity contribution in [2.45, 2.75) is 81.5 Å². The van der Waals surface area contributed by atoms with Crippen LogP contribution in [0.5, 0.6) is 0 Å². The van der Waals surface area contributed by atoms with Crippen molar-refractivity contribution in [3.05, 3.63) is 70.8 Å². The van der Waals surface area contributed by atoms with Crippen molar-refractivity contribution in [3.8, 4) is 6.07 Å². The predicted octanol–water partition coefficient (Wildman–Crippen LogP) is 7.56. The van der Waals surface area contributed by atoms with Gasteiger partial charge in [0, 0.05) is 19.5 Å². The molecule has 0 saturated heterocycles. The van der Waals surface area contributed by atoms with Crippen LogP contribution >= 0.6 is 23.2 Å². The van der Waals surface area contributed by atoms with Gasteiger partial charge in [-0.1, -0.05) is 55.5 Å². The molecule has 1 atom stereocenters. The van der Waals surface area contributed by atoms with Gasteiger partial charge in [-0.15, -0.1) is 23.2 Å². The highest BCUT2D eigenvalue weighted by atomic mass is 35.5. The van der Waals surface area contributed by atoms with E-state index in [1.54, 1.807) is 6.07 Å². The maximum absolute atomic E-state index is 7.32. The lowest BCUT2D eigenvalue weighted by Crippen LogP contribution is -2.35. The average Bonchev–Trinajstić information content (AvgIpc) is 3.73. The Morgan fingerprint density at radius 1 is 0.938 bits per heavy atom. The molecule has 1 unspecified atom stereocenters. The van der Waals surface area contributed by atoms with E-state index >= 15 is 0 Å². The van der Waals surface area contributed by atoms with Gasteiger partial charge in [0.25, 0.3) is 0 Å². The zero-order valence-corrected chi connectivity index (χ0v) is 21.2. The van der Waals surface area contributed by atoms with E-state index in [4.69, 9.17) is 28.5 Å². The molecule has 0 bridgehead atoms. The highest BCUT2D eigenvalue weighted by molar-refractivity contribution is 6.27. The Morgan fingerprint density at radius 2 is 1.47 bits per heavy atom.